The molecule has 3 aromatic carbocycles. The lowest BCUT2D eigenvalue weighted by atomic mass is 10.0. The van der Waals surface area contributed by atoms with Gasteiger partial charge in [-0.3, -0.25) is 4.79 Å². The van der Waals surface area contributed by atoms with Gasteiger partial charge in [-0.15, -0.1) is 0 Å². The Balaban J connectivity index is 1.57. The van der Waals surface area contributed by atoms with Crippen molar-refractivity contribution in [2.24, 2.45) is 0 Å². The second kappa shape index (κ2) is 10.9. The van der Waals surface area contributed by atoms with Gasteiger partial charge >= 0.3 is 0 Å². The first-order chi connectivity index (χ1) is 18.0. The van der Waals surface area contributed by atoms with Crippen molar-refractivity contribution in [3.05, 3.63) is 107 Å². The van der Waals surface area contributed by atoms with Crippen LogP contribution in [0, 0.1) is 18.6 Å². The molecule has 0 unspecified atom stereocenters. The molecule has 8 heteroatoms. The van der Waals surface area contributed by atoms with E-state index in [9.17, 15) is 13.6 Å². The maximum Gasteiger partial charge on any atom is 0.254 e. The molecular formula is C29H27F2N3O3. The summed E-state index contributed by atoms with van der Waals surface area (Å²) < 4.78 is 39.0. The zero-order valence-corrected chi connectivity index (χ0v) is 20.5. The molecule has 0 bridgehead atoms. The van der Waals surface area contributed by atoms with Crippen LogP contribution >= 0.6 is 0 Å². The number of halogens is 2. The minimum Gasteiger partial charge on any atom is -0.378 e. The molecular weight excluding hydrogens is 476 g/mol. The standard InChI is InChI=1S/C29H27F2N3O3/c1-20-4-2-5-22(16-20)27-26(29(37-32-27)33-12-14-36-15-13-33)19-34(18-21-8-10-24(30)11-9-21)28(35)23-6-3-7-25(31)17-23/h2-11,16-17H,12-15,18-19H2,1H3. The zero-order chi connectivity index (χ0) is 25.8. The molecule has 1 aliphatic heterocycles. The number of ether oxygens (including phenoxy) is 1. The van der Waals surface area contributed by atoms with Gasteiger partial charge in [0.05, 0.1) is 25.3 Å². The quantitative estimate of drug-likeness (QED) is 0.328. The minimum atomic E-state index is -0.494. The van der Waals surface area contributed by atoms with Gasteiger partial charge in [0.1, 0.15) is 17.3 Å². The highest BCUT2D eigenvalue weighted by Crippen LogP contribution is 2.34. The number of aromatic nitrogens is 1. The van der Waals surface area contributed by atoms with Crippen molar-refractivity contribution in [1.82, 2.24) is 10.1 Å². The van der Waals surface area contributed by atoms with Crippen LogP contribution in [0.4, 0.5) is 14.7 Å². The van der Waals surface area contributed by atoms with E-state index in [1.165, 1.54) is 30.3 Å². The number of anilines is 1. The summed E-state index contributed by atoms with van der Waals surface area (Å²) in [6, 6.07) is 19.5. The molecule has 5 rings (SSSR count). The van der Waals surface area contributed by atoms with E-state index < -0.39 is 5.82 Å². The zero-order valence-electron chi connectivity index (χ0n) is 20.5. The van der Waals surface area contributed by atoms with Gasteiger partial charge in [-0.2, -0.15) is 0 Å². The van der Waals surface area contributed by atoms with Crippen LogP contribution in [-0.4, -0.2) is 42.3 Å². The van der Waals surface area contributed by atoms with Crippen LogP contribution in [0.2, 0.25) is 0 Å². The minimum absolute atomic E-state index is 0.159. The molecule has 6 nitrogen and oxygen atoms in total. The number of hydrogen-bond donors (Lipinski definition) is 0. The Morgan fingerprint density at radius 3 is 2.43 bits per heavy atom. The number of carbonyl (C=O) groups excluding carboxylic acids is 1. The van der Waals surface area contributed by atoms with Gasteiger partial charge in [0.25, 0.3) is 5.91 Å². The first kappa shape index (κ1) is 24.6. The third-order valence-electron chi connectivity index (χ3n) is 6.35. The smallest absolute Gasteiger partial charge is 0.254 e. The van der Waals surface area contributed by atoms with Crippen LogP contribution < -0.4 is 4.90 Å². The lowest BCUT2D eigenvalue weighted by Gasteiger charge is -2.28. The fraction of sp³-hybridized carbons (Fsp3) is 0.241. The Morgan fingerprint density at radius 2 is 1.70 bits per heavy atom. The van der Waals surface area contributed by atoms with E-state index in [2.05, 4.69) is 10.1 Å². The summed E-state index contributed by atoms with van der Waals surface area (Å²) in [6.07, 6.45) is 0. The highest BCUT2D eigenvalue weighted by atomic mass is 19.1. The third kappa shape index (κ3) is 5.70. The van der Waals surface area contributed by atoms with Crippen LogP contribution in [0.3, 0.4) is 0 Å². The van der Waals surface area contributed by atoms with Crippen molar-refractivity contribution in [2.45, 2.75) is 20.0 Å². The molecule has 0 radical (unpaired) electrons. The number of rotatable bonds is 7. The summed E-state index contributed by atoms with van der Waals surface area (Å²) in [5.74, 6) is -0.627. The summed E-state index contributed by atoms with van der Waals surface area (Å²) >= 11 is 0. The molecule has 37 heavy (non-hydrogen) atoms. The largest absolute Gasteiger partial charge is 0.378 e. The molecule has 0 saturated carbocycles. The Bertz CT molecular complexity index is 1380. The van der Waals surface area contributed by atoms with Gasteiger partial charge in [0.15, 0.2) is 0 Å². The highest BCUT2D eigenvalue weighted by Gasteiger charge is 2.28. The molecule has 1 aliphatic rings. The first-order valence-electron chi connectivity index (χ1n) is 12.2. The van der Waals surface area contributed by atoms with Gasteiger partial charge in [0.2, 0.25) is 5.88 Å². The SMILES string of the molecule is Cc1cccc(-c2noc(N3CCOCC3)c2CN(Cc2ccc(F)cc2)C(=O)c2cccc(F)c2)c1. The van der Waals surface area contributed by atoms with E-state index in [1.807, 2.05) is 31.2 Å². The number of hydrogen-bond acceptors (Lipinski definition) is 5. The predicted octanol–water partition coefficient (Wildman–Crippen LogP) is 5.61. The highest BCUT2D eigenvalue weighted by molar-refractivity contribution is 5.94. The Kier molecular flexibility index (Phi) is 7.28. The first-order valence-corrected chi connectivity index (χ1v) is 12.2. The molecule has 0 spiro atoms. The van der Waals surface area contributed by atoms with Crippen LogP contribution in [0.15, 0.2) is 77.3 Å². The van der Waals surface area contributed by atoms with Gasteiger partial charge < -0.3 is 19.1 Å². The van der Waals surface area contributed by atoms with Crippen LogP contribution in [0.5, 0.6) is 0 Å². The number of carbonyl (C=O) groups is 1. The van der Waals surface area contributed by atoms with E-state index in [-0.39, 0.29) is 30.4 Å². The molecule has 1 amide bonds. The van der Waals surface area contributed by atoms with Crippen molar-refractivity contribution < 1.29 is 22.8 Å². The van der Waals surface area contributed by atoms with Crippen molar-refractivity contribution in [2.75, 3.05) is 31.2 Å². The molecule has 1 saturated heterocycles. The van der Waals surface area contributed by atoms with Crippen molar-refractivity contribution in [3.63, 3.8) is 0 Å². The average Bonchev–Trinajstić information content (AvgIpc) is 3.33. The molecule has 2 heterocycles. The van der Waals surface area contributed by atoms with Crippen LogP contribution in [-0.2, 0) is 17.8 Å². The second-order valence-corrected chi connectivity index (χ2v) is 9.08. The molecule has 190 valence electrons. The third-order valence-corrected chi connectivity index (χ3v) is 6.35. The monoisotopic (exact) mass is 503 g/mol. The number of aryl methyl sites for hydroxylation is 1. The van der Waals surface area contributed by atoms with E-state index in [0.717, 1.165) is 22.3 Å². The Labute approximate surface area is 214 Å². The number of benzene rings is 3. The maximum absolute atomic E-state index is 14.0. The molecule has 1 aromatic heterocycles. The summed E-state index contributed by atoms with van der Waals surface area (Å²) in [7, 11) is 0. The summed E-state index contributed by atoms with van der Waals surface area (Å²) in [6.45, 7) is 4.72. The van der Waals surface area contributed by atoms with Crippen LogP contribution in [0.25, 0.3) is 11.3 Å². The fourth-order valence-electron chi connectivity index (χ4n) is 4.48. The summed E-state index contributed by atoms with van der Waals surface area (Å²) in [5, 5.41) is 4.42. The molecule has 0 aliphatic carbocycles. The van der Waals surface area contributed by atoms with Gasteiger partial charge in [-0.1, -0.05) is 47.1 Å². The van der Waals surface area contributed by atoms with E-state index in [1.54, 1.807) is 23.1 Å². The maximum atomic E-state index is 14.0. The van der Waals surface area contributed by atoms with E-state index in [0.29, 0.717) is 37.9 Å². The predicted molar refractivity (Wildman–Crippen MR) is 136 cm³/mol. The second-order valence-electron chi connectivity index (χ2n) is 9.08. The van der Waals surface area contributed by atoms with Gasteiger partial charge in [-0.25, -0.2) is 8.78 Å². The number of morpholine rings is 1. The van der Waals surface area contributed by atoms with Crippen molar-refractivity contribution in [1.29, 1.82) is 0 Å². The lowest BCUT2D eigenvalue weighted by molar-refractivity contribution is 0.0729. The number of nitrogens with zero attached hydrogens (tertiary/aromatic N) is 3. The molecule has 0 N–H and O–H groups in total. The summed E-state index contributed by atoms with van der Waals surface area (Å²) in [5.41, 5.74) is 4.30. The molecule has 0 atom stereocenters. The van der Waals surface area contributed by atoms with Gasteiger partial charge in [-0.05, 0) is 48.9 Å². The Hall–Kier alpha value is -4.04. The van der Waals surface area contributed by atoms with Crippen LogP contribution in [0.1, 0.15) is 27.0 Å². The normalized spacial score (nSPS) is 13.5. The summed E-state index contributed by atoms with van der Waals surface area (Å²) in [4.78, 5) is 17.4. The molecule has 1 fully saturated rings. The van der Waals surface area contributed by atoms with E-state index in [4.69, 9.17) is 9.26 Å². The fourth-order valence-corrected chi connectivity index (χ4v) is 4.48. The average molecular weight is 504 g/mol. The topological polar surface area (TPSA) is 58.8 Å². The lowest BCUT2D eigenvalue weighted by Crippen LogP contribution is -2.37. The van der Waals surface area contributed by atoms with Gasteiger partial charge in [0, 0.05) is 30.8 Å². The van der Waals surface area contributed by atoms with E-state index >= 15 is 0 Å². The Morgan fingerprint density at radius 1 is 0.946 bits per heavy atom. The van der Waals surface area contributed by atoms with Crippen molar-refractivity contribution in [3.8, 4) is 11.3 Å². The van der Waals surface area contributed by atoms with Crippen molar-refractivity contribution >= 4 is 11.8 Å². The molecule has 4 aromatic rings. The number of amides is 1.